The molecule has 1 aromatic carbocycles. The van der Waals surface area contributed by atoms with E-state index in [-0.39, 0.29) is 11.5 Å². The Bertz CT molecular complexity index is 602. The van der Waals surface area contributed by atoms with Crippen molar-refractivity contribution >= 4 is 0 Å². The van der Waals surface area contributed by atoms with Crippen LogP contribution >= 0.6 is 0 Å². The molecule has 1 N–H and O–H groups in total. The van der Waals surface area contributed by atoms with Crippen molar-refractivity contribution in [3.63, 3.8) is 0 Å². The second-order valence-electron chi connectivity index (χ2n) is 4.84. The summed E-state index contributed by atoms with van der Waals surface area (Å²) in [5, 5.41) is 3.24. The smallest absolute Gasteiger partial charge is 0.417 e. The highest BCUT2D eigenvalue weighted by Gasteiger charge is 2.34. The first-order valence-corrected chi connectivity index (χ1v) is 6.38. The quantitative estimate of drug-likeness (QED) is 0.931. The molecule has 0 unspecified atom stereocenters. The van der Waals surface area contributed by atoms with Crippen molar-refractivity contribution in [1.82, 2.24) is 10.3 Å². The predicted octanol–water partition coefficient (Wildman–Crippen LogP) is 3.61. The Morgan fingerprint density at radius 1 is 1.25 bits per heavy atom. The van der Waals surface area contributed by atoms with Crippen LogP contribution in [-0.4, -0.2) is 11.0 Å². The molecule has 0 aliphatic heterocycles. The number of oxazole rings is 1. The summed E-state index contributed by atoms with van der Waals surface area (Å²) in [6.07, 6.45) is -0.738. The van der Waals surface area contributed by atoms with Gasteiger partial charge in [-0.2, -0.15) is 13.2 Å². The Hall–Kier alpha value is -1.82. The first-order valence-electron chi connectivity index (χ1n) is 6.38. The summed E-state index contributed by atoms with van der Waals surface area (Å²) in [6, 6.07) is 5.80. The zero-order valence-electron chi connectivity index (χ0n) is 10.6. The molecule has 0 saturated heterocycles. The van der Waals surface area contributed by atoms with E-state index in [9.17, 15) is 13.2 Å². The fraction of sp³-hybridized carbons (Fsp3) is 0.357. The van der Waals surface area contributed by atoms with Gasteiger partial charge >= 0.3 is 6.18 Å². The average Bonchev–Trinajstić information content (AvgIpc) is 3.12. The van der Waals surface area contributed by atoms with Crippen molar-refractivity contribution in [1.29, 1.82) is 0 Å². The second-order valence-corrected chi connectivity index (χ2v) is 4.84. The standard InChI is InChI=1S/C14H13F3N2O/c15-14(16,17)12-4-2-1-3-11(12)13-19-10(8-20-13)7-18-9-5-6-9/h1-4,8-9,18H,5-7H2. The molecule has 3 rings (SSSR count). The van der Waals surface area contributed by atoms with Gasteiger partial charge in [-0.15, -0.1) is 0 Å². The lowest BCUT2D eigenvalue weighted by atomic mass is 10.1. The molecule has 1 aliphatic carbocycles. The van der Waals surface area contributed by atoms with Crippen LogP contribution in [0.25, 0.3) is 11.5 Å². The molecule has 1 aromatic heterocycles. The number of halogens is 3. The Balaban J connectivity index is 1.85. The Morgan fingerprint density at radius 2 is 2.00 bits per heavy atom. The highest BCUT2D eigenvalue weighted by atomic mass is 19.4. The van der Waals surface area contributed by atoms with Gasteiger partial charge in [0.15, 0.2) is 0 Å². The van der Waals surface area contributed by atoms with E-state index < -0.39 is 11.7 Å². The molecule has 3 nitrogen and oxygen atoms in total. The van der Waals surface area contributed by atoms with E-state index in [1.54, 1.807) is 0 Å². The van der Waals surface area contributed by atoms with Crippen LogP contribution in [0, 0.1) is 0 Å². The lowest BCUT2D eigenvalue weighted by Crippen LogP contribution is -2.15. The molecule has 1 aliphatic rings. The van der Waals surface area contributed by atoms with E-state index in [0.29, 0.717) is 18.3 Å². The van der Waals surface area contributed by atoms with Crippen molar-refractivity contribution in [2.24, 2.45) is 0 Å². The van der Waals surface area contributed by atoms with E-state index in [0.717, 1.165) is 18.9 Å². The van der Waals surface area contributed by atoms with Crippen LogP contribution in [0.1, 0.15) is 24.1 Å². The molecular weight excluding hydrogens is 269 g/mol. The minimum Gasteiger partial charge on any atom is -0.444 e. The van der Waals surface area contributed by atoms with Crippen LogP contribution in [0.3, 0.4) is 0 Å². The Labute approximate surface area is 113 Å². The minimum atomic E-state index is -4.42. The average molecular weight is 282 g/mol. The topological polar surface area (TPSA) is 38.1 Å². The van der Waals surface area contributed by atoms with E-state index in [4.69, 9.17) is 4.42 Å². The molecular formula is C14H13F3N2O. The van der Waals surface area contributed by atoms with Crippen LogP contribution in [0.5, 0.6) is 0 Å². The van der Waals surface area contributed by atoms with Crippen molar-refractivity contribution in [2.45, 2.75) is 31.6 Å². The first kappa shape index (κ1) is 13.2. The van der Waals surface area contributed by atoms with Crippen LogP contribution in [-0.2, 0) is 12.7 Å². The SMILES string of the molecule is FC(F)(F)c1ccccc1-c1nc(CNC2CC2)co1. The molecule has 106 valence electrons. The summed E-state index contributed by atoms with van der Waals surface area (Å²) < 4.78 is 44.0. The van der Waals surface area contributed by atoms with Crippen molar-refractivity contribution in [3.05, 3.63) is 41.8 Å². The number of hydrogen-bond acceptors (Lipinski definition) is 3. The summed E-state index contributed by atoms with van der Waals surface area (Å²) >= 11 is 0. The maximum absolute atomic E-state index is 12.9. The first-order chi connectivity index (χ1) is 9.54. The van der Waals surface area contributed by atoms with Crippen molar-refractivity contribution in [2.75, 3.05) is 0 Å². The monoisotopic (exact) mass is 282 g/mol. The van der Waals surface area contributed by atoms with E-state index in [1.807, 2.05) is 0 Å². The van der Waals surface area contributed by atoms with Crippen LogP contribution < -0.4 is 5.32 Å². The van der Waals surface area contributed by atoms with Gasteiger partial charge < -0.3 is 9.73 Å². The molecule has 1 saturated carbocycles. The number of alkyl halides is 3. The second kappa shape index (κ2) is 4.94. The molecule has 1 heterocycles. The van der Waals surface area contributed by atoms with Crippen LogP contribution in [0.4, 0.5) is 13.2 Å². The van der Waals surface area contributed by atoms with Gasteiger partial charge in [-0.25, -0.2) is 4.98 Å². The summed E-state index contributed by atoms with van der Waals surface area (Å²) in [4.78, 5) is 4.13. The van der Waals surface area contributed by atoms with Crippen molar-refractivity contribution in [3.8, 4) is 11.5 Å². The van der Waals surface area contributed by atoms with Gasteiger partial charge in [-0.3, -0.25) is 0 Å². The molecule has 6 heteroatoms. The van der Waals surface area contributed by atoms with Gasteiger partial charge in [0.1, 0.15) is 6.26 Å². The third-order valence-corrected chi connectivity index (χ3v) is 3.16. The molecule has 0 spiro atoms. The molecule has 0 amide bonds. The summed E-state index contributed by atoms with van der Waals surface area (Å²) in [5.74, 6) is 0.00511. The molecule has 2 aromatic rings. The molecule has 1 fully saturated rings. The maximum Gasteiger partial charge on any atom is 0.417 e. The van der Waals surface area contributed by atoms with Gasteiger partial charge in [-0.05, 0) is 25.0 Å². The fourth-order valence-corrected chi connectivity index (χ4v) is 1.97. The maximum atomic E-state index is 12.9. The number of aromatic nitrogens is 1. The largest absolute Gasteiger partial charge is 0.444 e. The van der Waals surface area contributed by atoms with E-state index >= 15 is 0 Å². The third kappa shape index (κ3) is 2.85. The fourth-order valence-electron chi connectivity index (χ4n) is 1.97. The van der Waals surface area contributed by atoms with Gasteiger partial charge in [0, 0.05) is 18.2 Å². The zero-order chi connectivity index (χ0) is 14.2. The lowest BCUT2D eigenvalue weighted by Gasteiger charge is -2.09. The van der Waals surface area contributed by atoms with Crippen molar-refractivity contribution < 1.29 is 17.6 Å². The molecule has 0 bridgehead atoms. The van der Waals surface area contributed by atoms with Gasteiger partial charge in [0.2, 0.25) is 5.89 Å². The lowest BCUT2D eigenvalue weighted by molar-refractivity contribution is -0.137. The molecule has 0 radical (unpaired) electrons. The number of rotatable bonds is 4. The van der Waals surface area contributed by atoms with E-state index in [1.165, 1.54) is 24.5 Å². The number of benzene rings is 1. The van der Waals surface area contributed by atoms with Crippen LogP contribution in [0.15, 0.2) is 34.9 Å². The summed E-state index contributed by atoms with van der Waals surface area (Å²) in [6.45, 7) is 0.516. The number of nitrogens with one attached hydrogen (secondary N) is 1. The highest BCUT2D eigenvalue weighted by Crippen LogP contribution is 2.36. The summed E-state index contributed by atoms with van der Waals surface area (Å²) in [7, 11) is 0. The predicted molar refractivity (Wildman–Crippen MR) is 66.8 cm³/mol. The van der Waals surface area contributed by atoms with Gasteiger partial charge in [0.05, 0.1) is 11.3 Å². The third-order valence-electron chi connectivity index (χ3n) is 3.16. The number of nitrogens with zero attached hydrogens (tertiary/aromatic N) is 1. The van der Waals surface area contributed by atoms with Gasteiger partial charge in [0.25, 0.3) is 0 Å². The van der Waals surface area contributed by atoms with E-state index in [2.05, 4.69) is 10.3 Å². The van der Waals surface area contributed by atoms with Crippen LogP contribution in [0.2, 0.25) is 0 Å². The molecule has 0 atom stereocenters. The normalized spacial score (nSPS) is 15.6. The Kier molecular flexibility index (Phi) is 3.25. The van der Waals surface area contributed by atoms with Gasteiger partial charge in [-0.1, -0.05) is 12.1 Å². The minimum absolute atomic E-state index is 0.00511. The molecule has 20 heavy (non-hydrogen) atoms. The zero-order valence-corrected chi connectivity index (χ0v) is 10.6. The number of hydrogen-bond donors (Lipinski definition) is 1. The highest BCUT2D eigenvalue weighted by molar-refractivity contribution is 5.59. The summed E-state index contributed by atoms with van der Waals surface area (Å²) in [5.41, 5.74) is -0.148. The Morgan fingerprint density at radius 3 is 2.70 bits per heavy atom.